The zero-order valence-electron chi connectivity index (χ0n) is 12.3. The van der Waals surface area contributed by atoms with Crippen LogP contribution in [0.15, 0.2) is 34.9 Å². The Bertz CT molecular complexity index is 609. The summed E-state index contributed by atoms with van der Waals surface area (Å²) < 4.78 is 15.9. The molecule has 0 aliphatic carbocycles. The number of methoxy groups -OCH3 is 1. The highest BCUT2D eigenvalue weighted by atomic mass is 16.5. The second kappa shape index (κ2) is 6.78. The van der Waals surface area contributed by atoms with Gasteiger partial charge in [0.2, 0.25) is 5.89 Å². The number of hydrogen-bond acceptors (Lipinski definition) is 5. The highest BCUT2D eigenvalue weighted by Crippen LogP contribution is 2.19. The van der Waals surface area contributed by atoms with Crippen LogP contribution in [0.4, 0.5) is 0 Å². The van der Waals surface area contributed by atoms with E-state index in [9.17, 15) is 4.79 Å². The van der Waals surface area contributed by atoms with Crippen molar-refractivity contribution in [3.8, 4) is 11.5 Å². The van der Waals surface area contributed by atoms with E-state index in [4.69, 9.17) is 13.9 Å². The molecule has 0 spiro atoms. The van der Waals surface area contributed by atoms with Gasteiger partial charge < -0.3 is 18.8 Å². The quantitative estimate of drug-likeness (QED) is 0.817. The van der Waals surface area contributed by atoms with Gasteiger partial charge in [-0.25, -0.2) is 4.98 Å². The van der Waals surface area contributed by atoms with Crippen LogP contribution < -0.4 is 9.47 Å². The second-order valence-electron chi connectivity index (χ2n) is 4.41. The number of ether oxygens (including phenoxy) is 2. The first-order valence-corrected chi connectivity index (χ1v) is 6.60. The minimum atomic E-state index is -0.172. The number of rotatable bonds is 6. The first-order chi connectivity index (χ1) is 10.1. The van der Waals surface area contributed by atoms with E-state index < -0.39 is 0 Å². The summed E-state index contributed by atoms with van der Waals surface area (Å²) in [5.41, 5.74) is 0.281. The fraction of sp³-hybridized carbons (Fsp3) is 0.333. The number of hydrogen-bond donors (Lipinski definition) is 0. The molecular weight excluding hydrogens is 272 g/mol. The van der Waals surface area contributed by atoms with Crippen molar-refractivity contribution in [1.82, 2.24) is 9.88 Å². The summed E-state index contributed by atoms with van der Waals surface area (Å²) in [6.45, 7) is 2.66. The molecule has 21 heavy (non-hydrogen) atoms. The molecule has 6 heteroatoms. The Morgan fingerprint density at radius 2 is 2.14 bits per heavy atom. The molecule has 2 aromatic rings. The van der Waals surface area contributed by atoms with E-state index in [0.717, 1.165) is 0 Å². The highest BCUT2D eigenvalue weighted by molar-refractivity contribution is 5.91. The molecule has 0 aliphatic rings. The molecule has 1 aromatic heterocycles. The summed E-state index contributed by atoms with van der Waals surface area (Å²) in [6, 6.07) is 7.23. The maximum absolute atomic E-state index is 11.9. The zero-order valence-corrected chi connectivity index (χ0v) is 12.3. The first-order valence-electron chi connectivity index (χ1n) is 6.60. The van der Waals surface area contributed by atoms with Gasteiger partial charge in [0.1, 0.15) is 17.8 Å². The van der Waals surface area contributed by atoms with Crippen molar-refractivity contribution in [1.29, 1.82) is 0 Å². The molecule has 6 nitrogen and oxygen atoms in total. The lowest BCUT2D eigenvalue weighted by molar-refractivity contribution is 0.0796. The molecule has 0 N–H and O–H groups in total. The van der Waals surface area contributed by atoms with Gasteiger partial charge in [-0.1, -0.05) is 6.07 Å². The molecule has 0 fully saturated rings. The zero-order chi connectivity index (χ0) is 15.2. The van der Waals surface area contributed by atoms with Gasteiger partial charge in [-0.2, -0.15) is 0 Å². The molecule has 112 valence electrons. The van der Waals surface area contributed by atoms with Gasteiger partial charge in [0.05, 0.1) is 7.11 Å². The van der Waals surface area contributed by atoms with E-state index >= 15 is 0 Å². The molecule has 0 saturated heterocycles. The molecule has 0 radical (unpaired) electrons. The Morgan fingerprint density at radius 1 is 1.38 bits per heavy atom. The number of aromatic nitrogens is 1. The van der Waals surface area contributed by atoms with E-state index in [0.29, 0.717) is 23.9 Å². The standard InChI is InChI=1S/C15H18N2O4/c1-4-17(2)15(18)13-9-21-14(16-13)10-20-12-7-5-6-11(8-12)19-3/h5-9H,4,10H2,1-3H3. The molecule has 2 rings (SSSR count). The van der Waals surface area contributed by atoms with Crippen molar-refractivity contribution in [3.63, 3.8) is 0 Å². The SMILES string of the molecule is CCN(C)C(=O)c1coc(COc2cccc(OC)c2)n1. The lowest BCUT2D eigenvalue weighted by Gasteiger charge is -2.11. The fourth-order valence-electron chi connectivity index (χ4n) is 1.65. The summed E-state index contributed by atoms with van der Waals surface area (Å²) in [6.07, 6.45) is 1.35. The number of benzene rings is 1. The number of carbonyl (C=O) groups is 1. The highest BCUT2D eigenvalue weighted by Gasteiger charge is 2.15. The maximum atomic E-state index is 11.9. The Hall–Kier alpha value is -2.50. The molecule has 0 bridgehead atoms. The predicted molar refractivity (Wildman–Crippen MR) is 76.5 cm³/mol. The number of amides is 1. The van der Waals surface area contributed by atoms with E-state index in [-0.39, 0.29) is 18.2 Å². The third-order valence-corrected chi connectivity index (χ3v) is 3.00. The molecular formula is C15H18N2O4. The Labute approximate surface area is 123 Å². The van der Waals surface area contributed by atoms with Gasteiger partial charge in [0.15, 0.2) is 12.3 Å². The topological polar surface area (TPSA) is 64.8 Å². The summed E-state index contributed by atoms with van der Waals surface area (Å²) in [5.74, 6) is 1.53. The predicted octanol–water partition coefficient (Wildman–Crippen LogP) is 2.35. The van der Waals surface area contributed by atoms with E-state index in [1.54, 1.807) is 25.1 Å². The van der Waals surface area contributed by atoms with Crippen LogP contribution in [0, 0.1) is 0 Å². The third kappa shape index (κ3) is 3.75. The van der Waals surface area contributed by atoms with E-state index in [2.05, 4.69) is 4.98 Å². The third-order valence-electron chi connectivity index (χ3n) is 3.00. The molecule has 0 unspecified atom stereocenters. The number of oxazole rings is 1. The van der Waals surface area contributed by atoms with E-state index in [1.165, 1.54) is 6.26 Å². The van der Waals surface area contributed by atoms with E-state index in [1.807, 2.05) is 25.1 Å². The van der Waals surface area contributed by atoms with Gasteiger partial charge in [0.25, 0.3) is 5.91 Å². The number of carbonyl (C=O) groups excluding carboxylic acids is 1. The van der Waals surface area contributed by atoms with Crippen LogP contribution in [0.1, 0.15) is 23.3 Å². The fourth-order valence-corrected chi connectivity index (χ4v) is 1.65. The van der Waals surface area contributed by atoms with Crippen LogP contribution in [0.3, 0.4) is 0 Å². The van der Waals surface area contributed by atoms with Crippen LogP contribution in [0.25, 0.3) is 0 Å². The average molecular weight is 290 g/mol. The molecule has 1 aromatic carbocycles. The average Bonchev–Trinajstić information content (AvgIpc) is 3.00. The van der Waals surface area contributed by atoms with Crippen molar-refractivity contribution < 1.29 is 18.7 Å². The van der Waals surface area contributed by atoms with Crippen molar-refractivity contribution in [3.05, 3.63) is 42.1 Å². The van der Waals surface area contributed by atoms with Crippen LogP contribution in [-0.2, 0) is 6.61 Å². The Morgan fingerprint density at radius 3 is 2.86 bits per heavy atom. The summed E-state index contributed by atoms with van der Waals surface area (Å²) in [4.78, 5) is 17.6. The van der Waals surface area contributed by atoms with Gasteiger partial charge in [0, 0.05) is 19.7 Å². The normalized spacial score (nSPS) is 10.2. The van der Waals surface area contributed by atoms with Crippen molar-refractivity contribution in [2.75, 3.05) is 20.7 Å². The maximum Gasteiger partial charge on any atom is 0.275 e. The molecule has 0 atom stereocenters. The van der Waals surface area contributed by atoms with Gasteiger partial charge in [-0.15, -0.1) is 0 Å². The molecule has 0 saturated carbocycles. The largest absolute Gasteiger partial charge is 0.497 e. The molecule has 0 aliphatic heterocycles. The molecule has 1 amide bonds. The van der Waals surface area contributed by atoms with Crippen molar-refractivity contribution >= 4 is 5.91 Å². The molecule has 1 heterocycles. The minimum absolute atomic E-state index is 0.149. The first kappa shape index (κ1) is 14.9. The van der Waals surface area contributed by atoms with Crippen molar-refractivity contribution in [2.45, 2.75) is 13.5 Å². The van der Waals surface area contributed by atoms with Gasteiger partial charge in [-0.05, 0) is 19.1 Å². The van der Waals surface area contributed by atoms with Crippen LogP contribution in [-0.4, -0.2) is 36.5 Å². The minimum Gasteiger partial charge on any atom is -0.497 e. The van der Waals surface area contributed by atoms with Gasteiger partial charge in [-0.3, -0.25) is 4.79 Å². The lowest BCUT2D eigenvalue weighted by atomic mass is 10.3. The second-order valence-corrected chi connectivity index (χ2v) is 4.41. The van der Waals surface area contributed by atoms with Crippen molar-refractivity contribution in [2.24, 2.45) is 0 Å². The smallest absolute Gasteiger partial charge is 0.275 e. The van der Waals surface area contributed by atoms with Crippen LogP contribution >= 0.6 is 0 Å². The summed E-state index contributed by atoms with van der Waals surface area (Å²) >= 11 is 0. The number of nitrogens with zero attached hydrogens (tertiary/aromatic N) is 2. The summed E-state index contributed by atoms with van der Waals surface area (Å²) in [5, 5.41) is 0. The van der Waals surface area contributed by atoms with Gasteiger partial charge >= 0.3 is 0 Å². The lowest BCUT2D eigenvalue weighted by Crippen LogP contribution is -2.26. The van der Waals surface area contributed by atoms with Crippen LogP contribution in [0.5, 0.6) is 11.5 Å². The summed E-state index contributed by atoms with van der Waals surface area (Å²) in [7, 11) is 3.30. The monoisotopic (exact) mass is 290 g/mol. The Kier molecular flexibility index (Phi) is 4.81. The Balaban J connectivity index is 1.98. The van der Waals surface area contributed by atoms with Crippen LogP contribution in [0.2, 0.25) is 0 Å².